The molecule has 0 fully saturated rings. The Hall–Kier alpha value is -3.67. The minimum atomic E-state index is -1.22. The van der Waals surface area contributed by atoms with Gasteiger partial charge in [0.25, 0.3) is 0 Å². The normalized spacial score (nSPS) is 14.5. The summed E-state index contributed by atoms with van der Waals surface area (Å²) in [6, 6.07) is 5.48. The van der Waals surface area contributed by atoms with E-state index in [4.69, 9.17) is 10.5 Å². The van der Waals surface area contributed by atoms with Crippen molar-refractivity contribution in [1.82, 2.24) is 14.8 Å². The van der Waals surface area contributed by atoms with Gasteiger partial charge in [-0.15, -0.1) is 0 Å². The zero-order valence-electron chi connectivity index (χ0n) is 22.3. The van der Waals surface area contributed by atoms with E-state index in [-0.39, 0.29) is 29.7 Å². The Bertz CT molecular complexity index is 1420. The third kappa shape index (κ3) is 7.69. The molecule has 0 spiro atoms. The average molecular weight is 558 g/mol. The molecule has 208 valence electrons. The maximum absolute atomic E-state index is 13.3. The van der Waals surface area contributed by atoms with Gasteiger partial charge in [0.15, 0.2) is 0 Å². The molecule has 2 aromatic heterocycles. The number of aryl methyl sites for hydroxylation is 1. The number of ether oxygens (including phenoxy) is 1. The lowest BCUT2D eigenvalue weighted by molar-refractivity contribution is 0.103. The number of alkyl halides is 1. The first kappa shape index (κ1) is 29.9. The fourth-order valence-electron chi connectivity index (χ4n) is 3.97. The Morgan fingerprint density at radius 1 is 1.33 bits per heavy atom. The number of allylic oxidation sites excluding steroid dienone is 6. The van der Waals surface area contributed by atoms with Crippen LogP contribution in [0.15, 0.2) is 66.7 Å². The highest BCUT2D eigenvalue weighted by Crippen LogP contribution is 2.28. The van der Waals surface area contributed by atoms with E-state index in [1.165, 1.54) is 12.3 Å². The van der Waals surface area contributed by atoms with Crippen LogP contribution in [-0.4, -0.2) is 51.2 Å². The minimum Gasteiger partial charge on any atom is -0.593 e. The van der Waals surface area contributed by atoms with E-state index in [1.54, 1.807) is 23.1 Å². The zero-order chi connectivity index (χ0) is 28.5. The molecule has 11 heteroatoms. The largest absolute Gasteiger partial charge is 0.593 e. The van der Waals surface area contributed by atoms with Gasteiger partial charge in [0.2, 0.25) is 5.78 Å². The molecule has 0 aliphatic carbocycles. The van der Waals surface area contributed by atoms with Gasteiger partial charge in [-0.2, -0.15) is 5.10 Å². The monoisotopic (exact) mass is 557 g/mol. The molecule has 0 bridgehead atoms. The van der Waals surface area contributed by atoms with E-state index >= 15 is 0 Å². The Balaban J connectivity index is 1.69. The van der Waals surface area contributed by atoms with E-state index < -0.39 is 23.9 Å². The average Bonchev–Trinajstić information content (AvgIpc) is 3.48. The van der Waals surface area contributed by atoms with Crippen molar-refractivity contribution in [3.05, 3.63) is 83.5 Å². The minimum absolute atomic E-state index is 0.0908. The summed E-state index contributed by atoms with van der Waals surface area (Å²) < 4.78 is 46.2. The van der Waals surface area contributed by atoms with Crippen molar-refractivity contribution in [1.29, 1.82) is 0 Å². The smallest absolute Gasteiger partial charge is 0.214 e. The maximum atomic E-state index is 13.3. The van der Waals surface area contributed by atoms with Gasteiger partial charge in [-0.25, -0.2) is 18.2 Å². The van der Waals surface area contributed by atoms with Crippen LogP contribution in [0.4, 0.5) is 20.3 Å². The SMILES string of the molecule is C/C=C(\C(C)/C=C\COC/C=C\C=C(\F)CF)n1ncc(C(=O)c2cc3cc(N[S+](C)[O-])c(C)cc3[nH]2)c1N. The molecule has 1 aromatic carbocycles. The molecule has 0 amide bonds. The van der Waals surface area contributed by atoms with E-state index in [1.807, 2.05) is 51.1 Å². The molecule has 39 heavy (non-hydrogen) atoms. The van der Waals surface area contributed by atoms with Crippen molar-refractivity contribution in [2.24, 2.45) is 5.92 Å². The Morgan fingerprint density at radius 3 is 2.77 bits per heavy atom. The third-order valence-corrected chi connectivity index (χ3v) is 6.42. The molecular formula is C28H33F2N5O3S. The number of fused-ring (bicyclic) bond motifs is 1. The second kappa shape index (κ2) is 13.9. The summed E-state index contributed by atoms with van der Waals surface area (Å²) in [7, 11) is 0. The number of nitrogen functional groups attached to an aromatic ring is 1. The van der Waals surface area contributed by atoms with Crippen LogP contribution in [0, 0.1) is 12.8 Å². The van der Waals surface area contributed by atoms with Gasteiger partial charge in [0.1, 0.15) is 24.6 Å². The number of ketones is 1. The molecule has 0 radical (unpaired) electrons. The number of rotatable bonds is 13. The summed E-state index contributed by atoms with van der Waals surface area (Å²) in [6.07, 6.45) is 12.7. The van der Waals surface area contributed by atoms with Crippen LogP contribution >= 0.6 is 0 Å². The van der Waals surface area contributed by atoms with Gasteiger partial charge in [-0.3, -0.25) is 4.79 Å². The van der Waals surface area contributed by atoms with Crippen molar-refractivity contribution in [2.45, 2.75) is 20.8 Å². The van der Waals surface area contributed by atoms with Gasteiger partial charge >= 0.3 is 0 Å². The topological polar surface area (TPSA) is 121 Å². The number of anilines is 2. The van der Waals surface area contributed by atoms with Gasteiger partial charge in [-0.1, -0.05) is 37.3 Å². The molecule has 2 heterocycles. The molecule has 3 aromatic rings. The highest BCUT2D eigenvalue weighted by atomic mass is 32.2. The van der Waals surface area contributed by atoms with Gasteiger partial charge in [0, 0.05) is 22.5 Å². The lowest BCUT2D eigenvalue weighted by Gasteiger charge is -2.14. The summed E-state index contributed by atoms with van der Waals surface area (Å²) in [4.78, 5) is 16.5. The fraction of sp³-hybridized carbons (Fsp3) is 0.286. The molecule has 0 saturated carbocycles. The number of nitrogens with two attached hydrogens (primary N) is 1. The summed E-state index contributed by atoms with van der Waals surface area (Å²) in [5.41, 5.74) is 10.2. The lowest BCUT2D eigenvalue weighted by Crippen LogP contribution is -2.11. The van der Waals surface area contributed by atoms with Crippen LogP contribution in [0.2, 0.25) is 0 Å². The molecule has 0 saturated heterocycles. The number of benzene rings is 1. The molecule has 3 rings (SSSR count). The summed E-state index contributed by atoms with van der Waals surface area (Å²) in [5.74, 6) is -0.993. The first-order chi connectivity index (χ1) is 18.7. The predicted octanol–water partition coefficient (Wildman–Crippen LogP) is 5.64. The Morgan fingerprint density at radius 2 is 2.08 bits per heavy atom. The van der Waals surface area contributed by atoms with Crippen LogP contribution in [0.3, 0.4) is 0 Å². The number of carbonyl (C=O) groups is 1. The zero-order valence-corrected chi connectivity index (χ0v) is 23.1. The number of nitrogens with zero attached hydrogens (tertiary/aromatic N) is 2. The first-order valence-corrected chi connectivity index (χ1v) is 13.8. The van der Waals surface area contributed by atoms with Crippen molar-refractivity contribution >= 4 is 45.3 Å². The predicted molar refractivity (Wildman–Crippen MR) is 154 cm³/mol. The summed E-state index contributed by atoms with van der Waals surface area (Å²) in [6.45, 7) is 5.18. The molecule has 2 unspecified atom stereocenters. The molecule has 8 nitrogen and oxygen atoms in total. The molecule has 2 atom stereocenters. The third-order valence-electron chi connectivity index (χ3n) is 5.92. The highest BCUT2D eigenvalue weighted by Gasteiger charge is 2.22. The van der Waals surface area contributed by atoms with Crippen LogP contribution < -0.4 is 10.5 Å². The number of aromatic amines is 1. The number of halogens is 2. The van der Waals surface area contributed by atoms with Gasteiger partial charge in [-0.05, 0) is 43.7 Å². The van der Waals surface area contributed by atoms with E-state index in [2.05, 4.69) is 14.8 Å². The quantitative estimate of drug-likeness (QED) is 0.0822. The standard InChI is InChI=1S/C28H33F2N5O3S/c1-5-26(18(2)9-8-12-38-11-7-6-10-21(30)16-29)35-28(31)22(17-32-35)27(36)25-15-20-14-23(34-39(4)37)19(3)13-24(20)33-25/h5-10,13-15,17-18,33-34H,11-12,16,31H2,1-4H3/b7-6-,9-8-,21-10+,26-5+. The van der Waals surface area contributed by atoms with E-state index in [0.29, 0.717) is 12.3 Å². The van der Waals surface area contributed by atoms with E-state index in [0.717, 1.165) is 33.9 Å². The van der Waals surface area contributed by atoms with E-state index in [9.17, 15) is 18.1 Å². The van der Waals surface area contributed by atoms with Crippen molar-refractivity contribution < 1.29 is 22.9 Å². The second-order valence-electron chi connectivity index (χ2n) is 8.82. The van der Waals surface area contributed by atoms with Crippen LogP contribution in [0.5, 0.6) is 0 Å². The van der Waals surface area contributed by atoms with Crippen LogP contribution in [0.25, 0.3) is 16.6 Å². The molecule has 4 N–H and O–H groups in total. The summed E-state index contributed by atoms with van der Waals surface area (Å²) >= 11 is -1.22. The molecule has 0 aliphatic rings. The van der Waals surface area contributed by atoms with Crippen molar-refractivity contribution in [3.63, 3.8) is 0 Å². The highest BCUT2D eigenvalue weighted by molar-refractivity contribution is 7.92. The van der Waals surface area contributed by atoms with Gasteiger partial charge < -0.3 is 20.0 Å². The van der Waals surface area contributed by atoms with Crippen LogP contribution in [-0.2, 0) is 16.1 Å². The summed E-state index contributed by atoms with van der Waals surface area (Å²) in [5, 5.41) is 5.18. The first-order valence-electron chi connectivity index (χ1n) is 12.3. The number of hydrogen-bond donors (Lipinski definition) is 3. The molecular weight excluding hydrogens is 524 g/mol. The Labute approximate surface area is 229 Å². The van der Waals surface area contributed by atoms with Crippen molar-refractivity contribution in [3.8, 4) is 0 Å². The van der Waals surface area contributed by atoms with Gasteiger partial charge in [0.05, 0.1) is 47.7 Å². The number of hydrogen-bond acceptors (Lipinski definition) is 6. The number of H-pyrrole nitrogens is 1. The maximum Gasteiger partial charge on any atom is 0.214 e. The lowest BCUT2D eigenvalue weighted by atomic mass is 10.1. The fourth-order valence-corrected chi connectivity index (χ4v) is 4.50. The Kier molecular flexibility index (Phi) is 10.7. The molecule has 0 aliphatic heterocycles. The number of carbonyl (C=O) groups excluding carboxylic acids is 1. The second-order valence-corrected chi connectivity index (χ2v) is 9.93. The number of nitrogens with one attached hydrogen (secondary N) is 2. The number of aromatic nitrogens is 3. The van der Waals surface area contributed by atoms with Crippen LogP contribution in [0.1, 0.15) is 35.5 Å². The van der Waals surface area contributed by atoms with Crippen molar-refractivity contribution in [2.75, 3.05) is 36.6 Å².